The van der Waals surface area contributed by atoms with Crippen molar-refractivity contribution >= 4 is 28.7 Å². The molecule has 0 aliphatic rings. The fraction of sp³-hybridized carbons (Fsp3) is 0.429. The molecule has 0 aliphatic heterocycles. The van der Waals surface area contributed by atoms with Gasteiger partial charge >= 0.3 is 0 Å². The average Bonchev–Trinajstić information content (AvgIpc) is 3.10. The Hall–Kier alpha value is -2.34. The summed E-state index contributed by atoms with van der Waals surface area (Å²) in [4.78, 5) is 26.1. The summed E-state index contributed by atoms with van der Waals surface area (Å²) < 4.78 is 11.4. The van der Waals surface area contributed by atoms with Crippen molar-refractivity contribution in [3.63, 3.8) is 0 Å². The van der Waals surface area contributed by atoms with E-state index in [4.69, 9.17) is 9.47 Å². The van der Waals surface area contributed by atoms with E-state index in [1.165, 1.54) is 11.3 Å². The quantitative estimate of drug-likeness (QED) is 0.534. The lowest BCUT2D eigenvalue weighted by Crippen LogP contribution is -2.13. The number of benzene rings is 1. The smallest absolute Gasteiger partial charge is 0.224 e. The first-order valence-corrected chi connectivity index (χ1v) is 10.1. The molecule has 1 heterocycles. The molecule has 0 spiro atoms. The number of carbonyl (C=O) groups excluding carboxylic acids is 2. The van der Waals surface area contributed by atoms with Gasteiger partial charge in [-0.15, -0.1) is 11.3 Å². The Morgan fingerprint density at radius 2 is 1.67 bits per heavy atom. The number of amides is 1. The standard InChI is InChI=1S/C21H27NO4S/c1-4-12-25-18-9-7-16(14-19(18)26-13-5-2)22-21(24)11-8-17(23)20-10-6-15(3)27-20/h6-7,9-10,14H,4-5,8,11-13H2,1-3H3,(H,22,24). The minimum Gasteiger partial charge on any atom is -0.490 e. The second-order valence-electron chi connectivity index (χ2n) is 6.24. The zero-order valence-electron chi connectivity index (χ0n) is 16.2. The van der Waals surface area contributed by atoms with E-state index in [-0.39, 0.29) is 24.5 Å². The molecular formula is C21H27NO4S. The summed E-state index contributed by atoms with van der Waals surface area (Å²) in [6, 6.07) is 9.08. The highest BCUT2D eigenvalue weighted by Gasteiger charge is 2.13. The zero-order chi connectivity index (χ0) is 19.6. The van der Waals surface area contributed by atoms with Crippen LogP contribution in [-0.4, -0.2) is 24.9 Å². The maximum absolute atomic E-state index is 12.2. The number of Topliss-reactive ketones (excluding diaryl/α,β-unsaturated/α-hetero) is 1. The molecule has 5 nitrogen and oxygen atoms in total. The molecule has 2 rings (SSSR count). The van der Waals surface area contributed by atoms with E-state index >= 15 is 0 Å². The van der Waals surface area contributed by atoms with E-state index in [1.807, 2.05) is 32.9 Å². The van der Waals surface area contributed by atoms with Gasteiger partial charge in [0.1, 0.15) is 0 Å². The van der Waals surface area contributed by atoms with Gasteiger partial charge in [0, 0.05) is 29.5 Å². The summed E-state index contributed by atoms with van der Waals surface area (Å²) in [5.74, 6) is 1.10. The van der Waals surface area contributed by atoms with Crippen LogP contribution in [0.5, 0.6) is 11.5 Å². The molecule has 0 saturated heterocycles. The van der Waals surface area contributed by atoms with Crippen molar-refractivity contribution in [1.82, 2.24) is 0 Å². The summed E-state index contributed by atoms with van der Waals surface area (Å²) >= 11 is 1.46. The van der Waals surface area contributed by atoms with Crippen LogP contribution in [0.15, 0.2) is 30.3 Å². The Kier molecular flexibility index (Phi) is 8.33. The van der Waals surface area contributed by atoms with Crippen LogP contribution in [0, 0.1) is 6.92 Å². The van der Waals surface area contributed by atoms with Gasteiger partial charge in [-0.25, -0.2) is 0 Å². The lowest BCUT2D eigenvalue weighted by molar-refractivity contribution is -0.116. The molecular weight excluding hydrogens is 362 g/mol. The molecule has 2 aromatic rings. The van der Waals surface area contributed by atoms with Crippen LogP contribution in [-0.2, 0) is 4.79 Å². The van der Waals surface area contributed by atoms with E-state index < -0.39 is 0 Å². The lowest BCUT2D eigenvalue weighted by Gasteiger charge is -2.14. The summed E-state index contributed by atoms with van der Waals surface area (Å²) in [6.07, 6.45) is 2.13. The first kappa shape index (κ1) is 21.0. The van der Waals surface area contributed by atoms with Crippen molar-refractivity contribution in [2.45, 2.75) is 46.5 Å². The zero-order valence-corrected chi connectivity index (χ0v) is 17.0. The summed E-state index contributed by atoms with van der Waals surface area (Å²) in [6.45, 7) is 7.22. The first-order chi connectivity index (χ1) is 13.0. The Bertz CT molecular complexity index is 769. The molecule has 0 unspecified atom stereocenters. The van der Waals surface area contributed by atoms with Crippen molar-refractivity contribution < 1.29 is 19.1 Å². The third-order valence-electron chi connectivity index (χ3n) is 3.75. The van der Waals surface area contributed by atoms with Crippen molar-refractivity contribution in [2.24, 2.45) is 0 Å². The topological polar surface area (TPSA) is 64.6 Å². The van der Waals surface area contributed by atoms with Crippen molar-refractivity contribution in [3.8, 4) is 11.5 Å². The highest BCUT2D eigenvalue weighted by atomic mass is 32.1. The number of nitrogens with one attached hydrogen (secondary N) is 1. The normalized spacial score (nSPS) is 10.5. The van der Waals surface area contributed by atoms with Gasteiger partial charge in [-0.3, -0.25) is 9.59 Å². The maximum atomic E-state index is 12.2. The molecule has 27 heavy (non-hydrogen) atoms. The second-order valence-corrected chi connectivity index (χ2v) is 7.53. The van der Waals surface area contributed by atoms with Gasteiger partial charge in [0.2, 0.25) is 5.91 Å². The van der Waals surface area contributed by atoms with Crippen LogP contribution >= 0.6 is 11.3 Å². The number of ether oxygens (including phenoxy) is 2. The molecule has 0 bridgehead atoms. The first-order valence-electron chi connectivity index (χ1n) is 9.32. The van der Waals surface area contributed by atoms with Gasteiger partial charge in [0.15, 0.2) is 17.3 Å². The fourth-order valence-electron chi connectivity index (χ4n) is 2.40. The van der Waals surface area contributed by atoms with Crippen LogP contribution in [0.2, 0.25) is 0 Å². The minimum absolute atomic E-state index is 0.00136. The Balaban J connectivity index is 1.94. The third-order valence-corrected chi connectivity index (χ3v) is 4.79. The number of aryl methyl sites for hydroxylation is 1. The molecule has 1 N–H and O–H groups in total. The van der Waals surface area contributed by atoms with Gasteiger partial charge in [0.25, 0.3) is 0 Å². The molecule has 1 aromatic heterocycles. The number of hydrogen-bond donors (Lipinski definition) is 1. The number of hydrogen-bond acceptors (Lipinski definition) is 5. The van der Waals surface area contributed by atoms with Crippen molar-refractivity contribution in [1.29, 1.82) is 0 Å². The van der Waals surface area contributed by atoms with Crippen LogP contribution in [0.4, 0.5) is 5.69 Å². The number of thiophene rings is 1. The largest absolute Gasteiger partial charge is 0.490 e. The van der Waals surface area contributed by atoms with E-state index in [1.54, 1.807) is 18.2 Å². The van der Waals surface area contributed by atoms with Gasteiger partial charge in [-0.2, -0.15) is 0 Å². The molecule has 0 radical (unpaired) electrons. The molecule has 0 saturated carbocycles. The van der Waals surface area contributed by atoms with E-state index in [9.17, 15) is 9.59 Å². The summed E-state index contributed by atoms with van der Waals surface area (Å²) in [5.41, 5.74) is 0.634. The van der Waals surface area contributed by atoms with E-state index in [0.717, 1.165) is 17.7 Å². The number of anilines is 1. The van der Waals surface area contributed by atoms with Gasteiger partial charge in [-0.1, -0.05) is 13.8 Å². The predicted molar refractivity (Wildman–Crippen MR) is 109 cm³/mol. The minimum atomic E-state index is -0.194. The molecule has 0 fully saturated rings. The average molecular weight is 390 g/mol. The predicted octanol–water partition coefficient (Wildman–Crippen LogP) is 5.24. The highest BCUT2D eigenvalue weighted by Crippen LogP contribution is 2.31. The highest BCUT2D eigenvalue weighted by molar-refractivity contribution is 7.14. The lowest BCUT2D eigenvalue weighted by atomic mass is 10.2. The Morgan fingerprint density at radius 1 is 0.963 bits per heavy atom. The van der Waals surface area contributed by atoms with Gasteiger partial charge < -0.3 is 14.8 Å². The number of carbonyl (C=O) groups is 2. The van der Waals surface area contributed by atoms with Crippen LogP contribution in [0.25, 0.3) is 0 Å². The number of rotatable bonds is 11. The Morgan fingerprint density at radius 3 is 2.30 bits per heavy atom. The summed E-state index contributed by atoms with van der Waals surface area (Å²) in [7, 11) is 0. The fourth-order valence-corrected chi connectivity index (χ4v) is 3.23. The van der Waals surface area contributed by atoms with Gasteiger partial charge in [-0.05, 0) is 44.0 Å². The van der Waals surface area contributed by atoms with E-state index in [2.05, 4.69) is 5.32 Å². The van der Waals surface area contributed by atoms with E-state index in [0.29, 0.717) is 35.3 Å². The maximum Gasteiger partial charge on any atom is 0.224 e. The Labute approximate surface area is 164 Å². The van der Waals surface area contributed by atoms with Gasteiger partial charge in [0.05, 0.1) is 18.1 Å². The molecule has 1 aromatic carbocycles. The second kappa shape index (κ2) is 10.7. The van der Waals surface area contributed by atoms with Crippen LogP contribution in [0.3, 0.4) is 0 Å². The molecule has 0 atom stereocenters. The van der Waals surface area contributed by atoms with Crippen LogP contribution < -0.4 is 14.8 Å². The SMILES string of the molecule is CCCOc1ccc(NC(=O)CCC(=O)c2ccc(C)s2)cc1OCCC. The molecule has 6 heteroatoms. The van der Waals surface area contributed by atoms with Crippen molar-refractivity contribution in [3.05, 3.63) is 40.1 Å². The monoisotopic (exact) mass is 389 g/mol. The van der Waals surface area contributed by atoms with Crippen molar-refractivity contribution in [2.75, 3.05) is 18.5 Å². The molecule has 1 amide bonds. The summed E-state index contributed by atoms with van der Waals surface area (Å²) in [5, 5.41) is 2.83. The van der Waals surface area contributed by atoms with Crippen LogP contribution in [0.1, 0.15) is 54.1 Å². The number of ketones is 1. The molecule has 0 aliphatic carbocycles. The third kappa shape index (κ3) is 6.71. The molecule has 146 valence electrons.